The van der Waals surface area contributed by atoms with Gasteiger partial charge in [-0.05, 0) is 37.1 Å². The first kappa shape index (κ1) is 20.5. The molecule has 0 saturated carbocycles. The molecule has 2 aromatic heterocycles. The lowest BCUT2D eigenvalue weighted by atomic mass is 10.1. The van der Waals surface area contributed by atoms with Gasteiger partial charge in [-0.1, -0.05) is 44.5 Å². The number of nitrogens with two attached hydrogens (primary N) is 1. The average Bonchev–Trinajstić information content (AvgIpc) is 3.06. The maximum Gasteiger partial charge on any atom is 0.344 e. The summed E-state index contributed by atoms with van der Waals surface area (Å²) in [5, 5.41) is 0. The van der Waals surface area contributed by atoms with Crippen LogP contribution in [0, 0.1) is 5.92 Å². The smallest absolute Gasteiger partial charge is 0.344 e. The molecule has 2 aromatic carbocycles. The predicted molar refractivity (Wildman–Crippen MR) is 121 cm³/mol. The second-order valence-corrected chi connectivity index (χ2v) is 7.70. The monoisotopic (exact) mass is 416 g/mol. The number of hydrogen-bond acceptors (Lipinski definition) is 6. The number of hydrogen-bond donors (Lipinski definition) is 1. The van der Waals surface area contributed by atoms with E-state index < -0.39 is 5.97 Å². The Morgan fingerprint density at radius 3 is 2.48 bits per heavy atom. The van der Waals surface area contributed by atoms with Gasteiger partial charge in [0.2, 0.25) is 0 Å². The van der Waals surface area contributed by atoms with E-state index >= 15 is 0 Å². The average molecular weight is 416 g/mol. The van der Waals surface area contributed by atoms with Crippen LogP contribution in [0.3, 0.4) is 0 Å². The quantitative estimate of drug-likeness (QED) is 0.365. The minimum absolute atomic E-state index is 0.0680. The van der Waals surface area contributed by atoms with Crippen molar-refractivity contribution in [2.45, 2.75) is 27.2 Å². The molecule has 0 unspecified atom stereocenters. The highest BCUT2D eigenvalue weighted by atomic mass is 16.5. The molecule has 4 rings (SSSR count). The first-order valence-electron chi connectivity index (χ1n) is 10.3. The number of carbonyl (C=O) groups is 2. The molecule has 1 atom stereocenters. The van der Waals surface area contributed by atoms with Gasteiger partial charge >= 0.3 is 5.97 Å². The molecule has 2 N–H and O–H groups in total. The number of esters is 1. The fraction of sp³-hybridized carbons (Fsp3) is 0.250. The zero-order chi connectivity index (χ0) is 22.1. The predicted octanol–water partition coefficient (Wildman–Crippen LogP) is 4.56. The molecule has 31 heavy (non-hydrogen) atoms. The summed E-state index contributed by atoms with van der Waals surface area (Å²) in [4.78, 5) is 34.3. The largest absolute Gasteiger partial charge is 0.462 e. The molecule has 7 nitrogen and oxygen atoms in total. The number of anilines is 1. The van der Waals surface area contributed by atoms with E-state index in [2.05, 4.69) is 4.98 Å². The molecule has 2 heterocycles. The van der Waals surface area contributed by atoms with Crippen molar-refractivity contribution < 1.29 is 14.3 Å². The van der Waals surface area contributed by atoms with Crippen LogP contribution in [0.2, 0.25) is 0 Å². The molecule has 0 amide bonds. The second kappa shape index (κ2) is 8.18. The number of carbonyl (C=O) groups excluding carboxylic acids is 2. The highest BCUT2D eigenvalue weighted by Gasteiger charge is 2.26. The summed E-state index contributed by atoms with van der Waals surface area (Å²) < 4.78 is 7.19. The third-order valence-electron chi connectivity index (χ3n) is 5.41. The van der Waals surface area contributed by atoms with Crippen LogP contribution in [0.15, 0.2) is 48.5 Å². The Morgan fingerprint density at radius 2 is 1.81 bits per heavy atom. The summed E-state index contributed by atoms with van der Waals surface area (Å²) in [6.07, 6.45) is 0.896. The van der Waals surface area contributed by atoms with Gasteiger partial charge in [0.1, 0.15) is 16.9 Å². The van der Waals surface area contributed by atoms with Crippen molar-refractivity contribution >= 4 is 39.8 Å². The molecule has 0 spiro atoms. The van der Waals surface area contributed by atoms with Gasteiger partial charge in [0.05, 0.1) is 17.6 Å². The van der Waals surface area contributed by atoms with E-state index in [0.717, 1.165) is 6.42 Å². The fourth-order valence-electron chi connectivity index (χ4n) is 3.40. The van der Waals surface area contributed by atoms with Crippen LogP contribution in [-0.2, 0) is 4.74 Å². The molecule has 0 aliphatic heterocycles. The van der Waals surface area contributed by atoms with E-state index in [4.69, 9.17) is 15.5 Å². The number of Topliss-reactive ketones (excluding diaryl/α,β-unsaturated/α-hetero) is 1. The molecule has 7 heteroatoms. The lowest BCUT2D eigenvalue weighted by Crippen LogP contribution is -2.13. The summed E-state index contributed by atoms with van der Waals surface area (Å²) in [5.41, 5.74) is 9.96. The van der Waals surface area contributed by atoms with Crippen LogP contribution in [0.1, 0.15) is 47.9 Å². The molecule has 0 saturated heterocycles. The van der Waals surface area contributed by atoms with Crippen molar-refractivity contribution in [2.24, 2.45) is 5.92 Å². The molecular formula is C24H24N4O3. The van der Waals surface area contributed by atoms with Crippen molar-refractivity contribution in [2.75, 3.05) is 12.3 Å². The molecule has 0 aliphatic carbocycles. The Kier molecular flexibility index (Phi) is 5.42. The normalized spacial score (nSPS) is 12.2. The maximum absolute atomic E-state index is 13.0. The first-order valence-corrected chi connectivity index (χ1v) is 10.3. The van der Waals surface area contributed by atoms with E-state index in [1.54, 1.807) is 22.8 Å². The number of ketones is 1. The molecular weight excluding hydrogens is 392 g/mol. The molecule has 158 valence electrons. The van der Waals surface area contributed by atoms with Gasteiger partial charge in [-0.2, -0.15) is 0 Å². The van der Waals surface area contributed by atoms with Gasteiger partial charge in [0.15, 0.2) is 11.4 Å². The number of rotatable bonds is 6. The SMILES string of the molecule is CC[C@@H](C)COC(=O)c1c(N)n(-c2cccc(C(C)=O)c2)c2nc3ccccc3nc12. The Bertz CT molecular complexity index is 1310. The standard InChI is InChI=1S/C24H24N4O3/c1-4-14(2)13-31-24(30)20-21-23(27-19-11-6-5-10-18(19)26-21)28(22(20)25)17-9-7-8-16(12-17)15(3)29/h5-12,14H,4,13,25H2,1-3H3/t14-/m1/s1. The third-order valence-corrected chi connectivity index (χ3v) is 5.41. The number of nitrogens with zero attached hydrogens (tertiary/aromatic N) is 3. The van der Waals surface area contributed by atoms with Crippen LogP contribution >= 0.6 is 0 Å². The molecule has 0 radical (unpaired) electrons. The van der Waals surface area contributed by atoms with Crippen LogP contribution < -0.4 is 5.73 Å². The van der Waals surface area contributed by atoms with E-state index in [-0.39, 0.29) is 23.1 Å². The Morgan fingerprint density at radius 1 is 1.10 bits per heavy atom. The van der Waals surface area contributed by atoms with Crippen LogP contribution in [-0.4, -0.2) is 32.9 Å². The molecule has 0 fully saturated rings. The van der Waals surface area contributed by atoms with Gasteiger partial charge in [-0.15, -0.1) is 0 Å². The molecule has 4 aromatic rings. The van der Waals surface area contributed by atoms with Gasteiger partial charge < -0.3 is 10.5 Å². The minimum Gasteiger partial charge on any atom is -0.462 e. The summed E-state index contributed by atoms with van der Waals surface area (Å²) in [6.45, 7) is 5.85. The van der Waals surface area contributed by atoms with Crippen molar-refractivity contribution in [3.05, 3.63) is 59.7 Å². The first-order chi connectivity index (χ1) is 14.9. The number of ether oxygens (including phenoxy) is 1. The van der Waals surface area contributed by atoms with E-state index in [1.165, 1.54) is 6.92 Å². The summed E-state index contributed by atoms with van der Waals surface area (Å²) in [7, 11) is 0. The van der Waals surface area contributed by atoms with Crippen molar-refractivity contribution in [3.8, 4) is 5.69 Å². The van der Waals surface area contributed by atoms with Crippen molar-refractivity contribution in [3.63, 3.8) is 0 Å². The third kappa shape index (κ3) is 3.74. The van der Waals surface area contributed by atoms with Crippen LogP contribution in [0.25, 0.3) is 27.9 Å². The fourth-order valence-corrected chi connectivity index (χ4v) is 3.40. The highest BCUT2D eigenvalue weighted by Crippen LogP contribution is 2.32. The summed E-state index contributed by atoms with van der Waals surface area (Å²) >= 11 is 0. The lowest BCUT2D eigenvalue weighted by Gasteiger charge is -2.10. The van der Waals surface area contributed by atoms with Gasteiger partial charge in [0, 0.05) is 11.3 Å². The number of para-hydroxylation sites is 2. The lowest BCUT2D eigenvalue weighted by molar-refractivity contribution is 0.0450. The number of nitrogen functional groups attached to an aromatic ring is 1. The molecule has 0 bridgehead atoms. The summed E-state index contributed by atoms with van der Waals surface area (Å²) in [5.74, 6) is -0.187. The van der Waals surface area contributed by atoms with Gasteiger partial charge in [-0.25, -0.2) is 14.8 Å². The zero-order valence-corrected chi connectivity index (χ0v) is 17.8. The zero-order valence-electron chi connectivity index (χ0n) is 17.8. The van der Waals surface area contributed by atoms with Crippen molar-refractivity contribution in [1.82, 2.24) is 14.5 Å². The van der Waals surface area contributed by atoms with Crippen molar-refractivity contribution in [1.29, 1.82) is 0 Å². The van der Waals surface area contributed by atoms with E-state index in [9.17, 15) is 9.59 Å². The summed E-state index contributed by atoms with van der Waals surface area (Å²) in [6, 6.07) is 14.5. The maximum atomic E-state index is 13.0. The van der Waals surface area contributed by atoms with E-state index in [0.29, 0.717) is 40.1 Å². The topological polar surface area (TPSA) is 100 Å². The van der Waals surface area contributed by atoms with Gasteiger partial charge in [0.25, 0.3) is 0 Å². The Hall–Kier alpha value is -3.74. The van der Waals surface area contributed by atoms with E-state index in [1.807, 2.05) is 44.2 Å². The van der Waals surface area contributed by atoms with Crippen LogP contribution in [0.5, 0.6) is 0 Å². The molecule has 0 aliphatic rings. The second-order valence-electron chi connectivity index (χ2n) is 7.70. The Balaban J connectivity index is 1.96. The highest BCUT2D eigenvalue weighted by molar-refractivity contribution is 6.09. The van der Waals surface area contributed by atoms with Gasteiger partial charge in [-0.3, -0.25) is 9.36 Å². The van der Waals surface area contributed by atoms with Crippen LogP contribution in [0.4, 0.5) is 5.82 Å². The number of fused-ring (bicyclic) bond motifs is 2. The number of benzene rings is 2. The Labute approximate surface area is 179 Å². The minimum atomic E-state index is -0.533. The number of aromatic nitrogens is 3.